The summed E-state index contributed by atoms with van der Waals surface area (Å²) in [5.41, 5.74) is 0. The molecule has 5 nitrogen and oxygen atoms in total. The van der Waals surface area contributed by atoms with Crippen LogP contribution in [0.25, 0.3) is 0 Å². The van der Waals surface area contributed by atoms with Crippen LogP contribution in [0.5, 0.6) is 0 Å². The molecule has 0 aromatic carbocycles. The fourth-order valence-electron chi connectivity index (χ4n) is 2.23. The second-order valence-electron chi connectivity index (χ2n) is 4.85. The zero-order valence-electron chi connectivity index (χ0n) is 11.4. The molecule has 1 aliphatic rings. The summed E-state index contributed by atoms with van der Waals surface area (Å²) < 4.78 is 5.73. The predicted octanol–water partition coefficient (Wildman–Crippen LogP) is 1.91. The number of nitrogens with zero attached hydrogens (tertiary/aromatic N) is 3. The third-order valence-electron chi connectivity index (χ3n) is 2.95. The third kappa shape index (κ3) is 3.32. The van der Waals surface area contributed by atoms with E-state index in [2.05, 4.69) is 41.0 Å². The molecule has 0 radical (unpaired) electrons. The lowest BCUT2D eigenvalue weighted by Crippen LogP contribution is -2.45. The summed E-state index contributed by atoms with van der Waals surface area (Å²) in [5, 5.41) is 3.29. The molecule has 1 N–H and O–H groups in total. The second-order valence-corrected chi connectivity index (χ2v) is 4.85. The van der Waals surface area contributed by atoms with Gasteiger partial charge in [0.25, 0.3) is 0 Å². The third-order valence-corrected chi connectivity index (χ3v) is 2.95. The standard InChI is InChI=1S/C13H22N4O/c1-4-5-14-12-6-13(16-9-15-12)17-7-10(2)18-11(3)8-17/h6,9-11H,4-5,7-8H2,1-3H3,(H,14,15,16)/t10-,11+. The first kappa shape index (κ1) is 13.1. The van der Waals surface area contributed by atoms with Crippen molar-refractivity contribution in [2.24, 2.45) is 0 Å². The van der Waals surface area contributed by atoms with Gasteiger partial charge in [-0.3, -0.25) is 0 Å². The lowest BCUT2D eigenvalue weighted by Gasteiger charge is -2.36. The van der Waals surface area contributed by atoms with Crippen LogP contribution in [0.1, 0.15) is 27.2 Å². The predicted molar refractivity (Wildman–Crippen MR) is 73.0 cm³/mol. The Morgan fingerprint density at radius 3 is 2.72 bits per heavy atom. The maximum Gasteiger partial charge on any atom is 0.134 e. The van der Waals surface area contributed by atoms with Gasteiger partial charge in [-0.2, -0.15) is 0 Å². The summed E-state index contributed by atoms with van der Waals surface area (Å²) in [6.07, 6.45) is 3.20. The molecule has 2 heterocycles. The van der Waals surface area contributed by atoms with Gasteiger partial charge in [0.1, 0.15) is 18.0 Å². The number of ether oxygens (including phenoxy) is 1. The Hall–Kier alpha value is -1.36. The van der Waals surface area contributed by atoms with Gasteiger partial charge in [-0.25, -0.2) is 9.97 Å². The van der Waals surface area contributed by atoms with Gasteiger partial charge in [0.2, 0.25) is 0 Å². The van der Waals surface area contributed by atoms with E-state index >= 15 is 0 Å². The minimum atomic E-state index is 0.246. The molecular formula is C13H22N4O. The van der Waals surface area contributed by atoms with E-state index < -0.39 is 0 Å². The maximum absolute atomic E-state index is 5.73. The average molecular weight is 250 g/mol. The van der Waals surface area contributed by atoms with E-state index in [4.69, 9.17) is 4.74 Å². The van der Waals surface area contributed by atoms with E-state index in [1.54, 1.807) is 6.33 Å². The molecule has 100 valence electrons. The zero-order valence-corrected chi connectivity index (χ0v) is 11.4. The lowest BCUT2D eigenvalue weighted by atomic mass is 10.2. The van der Waals surface area contributed by atoms with Crippen molar-refractivity contribution in [2.45, 2.75) is 39.4 Å². The number of nitrogens with one attached hydrogen (secondary N) is 1. The van der Waals surface area contributed by atoms with Crippen LogP contribution in [0.2, 0.25) is 0 Å². The van der Waals surface area contributed by atoms with Crippen LogP contribution in [0.15, 0.2) is 12.4 Å². The molecule has 5 heteroatoms. The van der Waals surface area contributed by atoms with Gasteiger partial charge in [-0.15, -0.1) is 0 Å². The maximum atomic E-state index is 5.73. The second kappa shape index (κ2) is 6.00. The van der Waals surface area contributed by atoms with Crippen LogP contribution >= 0.6 is 0 Å². The molecule has 18 heavy (non-hydrogen) atoms. The van der Waals surface area contributed by atoms with Gasteiger partial charge in [0.15, 0.2) is 0 Å². The molecular weight excluding hydrogens is 228 g/mol. The molecule has 2 rings (SSSR count). The number of rotatable bonds is 4. The Morgan fingerprint density at radius 2 is 2.06 bits per heavy atom. The Kier molecular flexibility index (Phi) is 4.36. The van der Waals surface area contributed by atoms with E-state index in [0.717, 1.165) is 37.7 Å². The molecule has 0 amide bonds. The molecule has 0 unspecified atom stereocenters. The van der Waals surface area contributed by atoms with Gasteiger partial charge in [-0.1, -0.05) is 6.92 Å². The molecule has 0 saturated carbocycles. The highest BCUT2D eigenvalue weighted by Crippen LogP contribution is 2.19. The van der Waals surface area contributed by atoms with Crippen molar-refractivity contribution in [3.8, 4) is 0 Å². The monoisotopic (exact) mass is 250 g/mol. The minimum absolute atomic E-state index is 0.246. The molecule has 1 fully saturated rings. The average Bonchev–Trinajstić information content (AvgIpc) is 2.35. The normalized spacial score (nSPS) is 24.1. The largest absolute Gasteiger partial charge is 0.372 e. The Morgan fingerprint density at radius 1 is 1.33 bits per heavy atom. The van der Waals surface area contributed by atoms with Crippen LogP contribution in [0.3, 0.4) is 0 Å². The molecule has 1 saturated heterocycles. The summed E-state index contributed by atoms with van der Waals surface area (Å²) in [7, 11) is 0. The van der Waals surface area contributed by atoms with Crippen molar-refractivity contribution >= 4 is 11.6 Å². The van der Waals surface area contributed by atoms with Crippen molar-refractivity contribution in [1.82, 2.24) is 9.97 Å². The quantitative estimate of drug-likeness (QED) is 0.884. The topological polar surface area (TPSA) is 50.3 Å². The first-order valence-corrected chi connectivity index (χ1v) is 6.65. The zero-order chi connectivity index (χ0) is 13.0. The number of aromatic nitrogens is 2. The highest BCUT2D eigenvalue weighted by atomic mass is 16.5. The van der Waals surface area contributed by atoms with Crippen molar-refractivity contribution in [1.29, 1.82) is 0 Å². The van der Waals surface area contributed by atoms with Crippen LogP contribution in [0.4, 0.5) is 11.6 Å². The molecule has 0 spiro atoms. The molecule has 1 aliphatic heterocycles. The Balaban J connectivity index is 2.07. The Labute approximate surface area is 109 Å². The number of hydrogen-bond acceptors (Lipinski definition) is 5. The number of morpholine rings is 1. The van der Waals surface area contributed by atoms with E-state index in [-0.39, 0.29) is 12.2 Å². The summed E-state index contributed by atoms with van der Waals surface area (Å²) in [5.74, 6) is 1.87. The molecule has 0 bridgehead atoms. The van der Waals surface area contributed by atoms with E-state index in [0.29, 0.717) is 0 Å². The lowest BCUT2D eigenvalue weighted by molar-refractivity contribution is -0.00546. The highest BCUT2D eigenvalue weighted by molar-refractivity contribution is 5.48. The van der Waals surface area contributed by atoms with Gasteiger partial charge < -0.3 is 15.0 Å². The number of anilines is 2. The summed E-state index contributed by atoms with van der Waals surface area (Å²) in [6.45, 7) is 9.04. The van der Waals surface area contributed by atoms with Crippen molar-refractivity contribution in [3.63, 3.8) is 0 Å². The first-order chi connectivity index (χ1) is 8.69. The Bertz CT molecular complexity index is 375. The summed E-state index contributed by atoms with van der Waals surface area (Å²) in [6, 6.07) is 2.01. The van der Waals surface area contributed by atoms with Gasteiger partial charge >= 0.3 is 0 Å². The van der Waals surface area contributed by atoms with Crippen LogP contribution in [-0.4, -0.2) is 41.8 Å². The molecule has 2 atom stereocenters. The van der Waals surface area contributed by atoms with Gasteiger partial charge in [0, 0.05) is 25.7 Å². The van der Waals surface area contributed by atoms with Crippen molar-refractivity contribution < 1.29 is 4.74 Å². The van der Waals surface area contributed by atoms with E-state index in [1.807, 2.05) is 6.07 Å². The highest BCUT2D eigenvalue weighted by Gasteiger charge is 2.23. The van der Waals surface area contributed by atoms with Crippen LogP contribution in [-0.2, 0) is 4.74 Å². The molecule has 0 aliphatic carbocycles. The fourth-order valence-corrected chi connectivity index (χ4v) is 2.23. The molecule has 1 aromatic heterocycles. The minimum Gasteiger partial charge on any atom is -0.372 e. The first-order valence-electron chi connectivity index (χ1n) is 6.65. The van der Waals surface area contributed by atoms with E-state index in [1.165, 1.54) is 0 Å². The van der Waals surface area contributed by atoms with Crippen LogP contribution in [0, 0.1) is 0 Å². The smallest absolute Gasteiger partial charge is 0.134 e. The van der Waals surface area contributed by atoms with Gasteiger partial charge in [-0.05, 0) is 20.3 Å². The van der Waals surface area contributed by atoms with Crippen molar-refractivity contribution in [3.05, 3.63) is 12.4 Å². The number of hydrogen-bond donors (Lipinski definition) is 1. The van der Waals surface area contributed by atoms with E-state index in [9.17, 15) is 0 Å². The summed E-state index contributed by atoms with van der Waals surface area (Å²) >= 11 is 0. The van der Waals surface area contributed by atoms with Crippen molar-refractivity contribution in [2.75, 3.05) is 29.9 Å². The fraction of sp³-hybridized carbons (Fsp3) is 0.692. The molecule has 1 aromatic rings. The summed E-state index contributed by atoms with van der Waals surface area (Å²) in [4.78, 5) is 10.9. The SMILES string of the molecule is CCCNc1cc(N2C[C@@H](C)O[C@@H](C)C2)ncn1. The van der Waals surface area contributed by atoms with Crippen LogP contribution < -0.4 is 10.2 Å². The van der Waals surface area contributed by atoms with Gasteiger partial charge in [0.05, 0.1) is 12.2 Å².